The Labute approximate surface area is 153 Å². The van der Waals surface area contributed by atoms with Gasteiger partial charge in [-0.1, -0.05) is 47.6 Å². The molecule has 0 unspecified atom stereocenters. The Balaban J connectivity index is 0. The van der Waals surface area contributed by atoms with Crippen LogP contribution >= 0.6 is 0 Å². The highest BCUT2D eigenvalue weighted by Gasteiger charge is 2.10. The number of nitrogens with zero attached hydrogens (tertiary/aromatic N) is 2. The summed E-state index contributed by atoms with van der Waals surface area (Å²) in [4.78, 5) is 8.80. The van der Waals surface area contributed by atoms with Gasteiger partial charge in [-0.2, -0.15) is 0 Å². The topological polar surface area (TPSA) is 37.8 Å². The van der Waals surface area contributed by atoms with E-state index < -0.39 is 0 Å². The third kappa shape index (κ3) is 8.99. The fraction of sp³-hybridized carbons (Fsp3) is 0.429. The van der Waals surface area contributed by atoms with Crippen molar-refractivity contribution in [1.82, 2.24) is 9.97 Å². The Morgan fingerprint density at radius 2 is 1.56 bits per heavy atom. The molecule has 0 saturated heterocycles. The van der Waals surface area contributed by atoms with Gasteiger partial charge in [0.15, 0.2) is 5.82 Å². The first kappa shape index (κ1) is 25.0. The molecule has 3 nitrogen and oxygen atoms in total. The highest BCUT2D eigenvalue weighted by Crippen LogP contribution is 2.24. The summed E-state index contributed by atoms with van der Waals surface area (Å²) >= 11 is 0. The lowest BCUT2D eigenvalue weighted by Crippen LogP contribution is -2.03. The van der Waals surface area contributed by atoms with E-state index >= 15 is 0 Å². The number of allylic oxidation sites excluding steroid dienone is 1. The van der Waals surface area contributed by atoms with E-state index in [1.165, 1.54) is 12.1 Å². The van der Waals surface area contributed by atoms with Crippen molar-refractivity contribution in [3.05, 3.63) is 54.5 Å². The van der Waals surface area contributed by atoms with Crippen LogP contribution in [0.3, 0.4) is 0 Å². The van der Waals surface area contributed by atoms with Crippen molar-refractivity contribution in [3.63, 3.8) is 0 Å². The maximum atomic E-state index is 12.9. The number of rotatable bonds is 3. The zero-order chi connectivity index (χ0) is 19.8. The van der Waals surface area contributed by atoms with Crippen molar-refractivity contribution < 1.29 is 4.39 Å². The molecule has 0 aliphatic heterocycles. The molecule has 2 rings (SSSR count). The highest BCUT2D eigenvalue weighted by atomic mass is 19.1. The van der Waals surface area contributed by atoms with Crippen LogP contribution < -0.4 is 5.32 Å². The van der Waals surface area contributed by atoms with E-state index in [2.05, 4.69) is 35.7 Å². The molecule has 1 aromatic heterocycles. The minimum Gasteiger partial charge on any atom is -0.373 e. The second-order valence-electron chi connectivity index (χ2n) is 4.82. The van der Waals surface area contributed by atoms with Crippen LogP contribution in [0, 0.1) is 5.82 Å². The van der Waals surface area contributed by atoms with Crippen molar-refractivity contribution in [1.29, 1.82) is 0 Å². The molecule has 0 spiro atoms. The number of anilines is 1. The molecule has 0 atom stereocenters. The Bertz CT molecular complexity index is 578. The van der Waals surface area contributed by atoms with E-state index in [9.17, 15) is 4.39 Å². The van der Waals surface area contributed by atoms with Crippen LogP contribution in [0.15, 0.2) is 43.1 Å². The van der Waals surface area contributed by atoms with Crippen molar-refractivity contribution in [2.24, 2.45) is 0 Å². The van der Waals surface area contributed by atoms with Gasteiger partial charge in [-0.05, 0) is 37.1 Å². The van der Waals surface area contributed by atoms with Crippen LogP contribution in [0.25, 0.3) is 11.4 Å². The molecule has 0 aliphatic rings. The van der Waals surface area contributed by atoms with Gasteiger partial charge in [0, 0.05) is 24.4 Å². The van der Waals surface area contributed by atoms with Crippen LogP contribution in [0.4, 0.5) is 10.2 Å². The smallest absolute Gasteiger partial charge is 0.161 e. The van der Waals surface area contributed by atoms with Crippen molar-refractivity contribution in [2.45, 2.75) is 54.4 Å². The summed E-state index contributed by atoms with van der Waals surface area (Å²) in [5, 5.41) is 3.07. The molecule has 4 heteroatoms. The average molecular weight is 348 g/mol. The number of aromatic nitrogens is 2. The van der Waals surface area contributed by atoms with Gasteiger partial charge in [0.2, 0.25) is 0 Å². The van der Waals surface area contributed by atoms with Gasteiger partial charge >= 0.3 is 0 Å². The summed E-state index contributed by atoms with van der Waals surface area (Å²) in [5.74, 6) is 1.52. The molecule has 25 heavy (non-hydrogen) atoms. The van der Waals surface area contributed by atoms with Crippen LogP contribution in [0.5, 0.6) is 0 Å². The lowest BCUT2D eigenvalue weighted by atomic mass is 10.1. The maximum absolute atomic E-state index is 12.9. The predicted octanol–water partition coefficient (Wildman–Crippen LogP) is 6.69. The number of hydrogen-bond donors (Lipinski definition) is 1. The molecule has 1 N–H and O–H groups in total. The third-order valence-corrected chi connectivity index (χ3v) is 2.78. The zero-order valence-corrected chi connectivity index (χ0v) is 17.0. The molecule has 0 aliphatic carbocycles. The molecular formula is C21H34FN3. The first-order valence-corrected chi connectivity index (χ1v) is 8.91. The quantitative estimate of drug-likeness (QED) is 0.628. The molecule has 1 aromatic carbocycles. The van der Waals surface area contributed by atoms with Crippen LogP contribution in [0.2, 0.25) is 0 Å². The molecule has 140 valence electrons. The minimum atomic E-state index is -0.258. The van der Waals surface area contributed by atoms with Crippen molar-refractivity contribution >= 4 is 5.82 Å². The Hall–Kier alpha value is -2.23. The van der Waals surface area contributed by atoms with Gasteiger partial charge in [0.05, 0.1) is 0 Å². The largest absolute Gasteiger partial charge is 0.373 e. The molecule has 0 amide bonds. The fourth-order valence-electron chi connectivity index (χ4n) is 1.75. The fourth-order valence-corrected chi connectivity index (χ4v) is 1.75. The number of nitrogens with one attached hydrogen (secondary N) is 1. The lowest BCUT2D eigenvalue weighted by molar-refractivity contribution is 0.628. The molecule has 2 aromatic rings. The summed E-state index contributed by atoms with van der Waals surface area (Å²) in [6.07, 6.45) is 3.57. The van der Waals surface area contributed by atoms with Gasteiger partial charge in [-0.15, -0.1) is 6.58 Å². The van der Waals surface area contributed by atoms with Gasteiger partial charge < -0.3 is 5.32 Å². The molecule has 0 radical (unpaired) electrons. The van der Waals surface area contributed by atoms with Crippen molar-refractivity contribution in [2.75, 3.05) is 12.4 Å². The monoisotopic (exact) mass is 347 g/mol. The molecule has 0 saturated carbocycles. The summed E-state index contributed by atoms with van der Waals surface area (Å²) in [6, 6.07) is 6.18. The van der Waals surface area contributed by atoms with Crippen molar-refractivity contribution in [3.8, 4) is 11.4 Å². The predicted molar refractivity (Wildman–Crippen MR) is 110 cm³/mol. The lowest BCUT2D eigenvalue weighted by Gasteiger charge is -2.12. The second-order valence-corrected chi connectivity index (χ2v) is 4.82. The normalized spacial score (nSPS) is 8.72. The molecule has 1 heterocycles. The van der Waals surface area contributed by atoms with E-state index in [4.69, 9.17) is 0 Å². The third-order valence-electron chi connectivity index (χ3n) is 2.78. The molecule has 0 fully saturated rings. The number of halogens is 1. The Morgan fingerprint density at radius 3 is 1.96 bits per heavy atom. The SMILES string of the molecule is C=CC.CC.CC.CNc1nc(-c2ccc(F)cc2)ncc1C(C)C. The van der Waals surface area contributed by atoms with E-state index in [1.54, 1.807) is 18.2 Å². The summed E-state index contributed by atoms with van der Waals surface area (Å²) in [6.45, 7) is 17.4. The van der Waals surface area contributed by atoms with E-state index in [-0.39, 0.29) is 5.82 Å². The van der Waals surface area contributed by atoms with E-state index in [0.29, 0.717) is 11.7 Å². The summed E-state index contributed by atoms with van der Waals surface area (Å²) in [5.41, 5.74) is 1.88. The Morgan fingerprint density at radius 1 is 1.08 bits per heavy atom. The van der Waals surface area contributed by atoms with E-state index in [1.807, 2.05) is 47.9 Å². The molecule has 0 bridgehead atoms. The standard InChI is InChI=1S/C14H16FN3.C3H6.2C2H6/c1-9(2)12-8-17-13(18-14(12)16-3)10-4-6-11(15)7-5-10;1-3-2;2*1-2/h4-9H,1-3H3,(H,16,17,18);3H,1H2,2H3;2*1-2H3. The van der Waals surface area contributed by atoms with Gasteiger partial charge in [-0.3, -0.25) is 0 Å². The maximum Gasteiger partial charge on any atom is 0.161 e. The van der Waals surface area contributed by atoms with Crippen LogP contribution in [-0.2, 0) is 0 Å². The van der Waals surface area contributed by atoms with Gasteiger partial charge in [-0.25, -0.2) is 14.4 Å². The summed E-state index contributed by atoms with van der Waals surface area (Å²) < 4.78 is 12.9. The van der Waals surface area contributed by atoms with Crippen LogP contribution in [0.1, 0.15) is 59.9 Å². The zero-order valence-electron chi connectivity index (χ0n) is 17.0. The number of benzene rings is 1. The van der Waals surface area contributed by atoms with E-state index in [0.717, 1.165) is 16.9 Å². The first-order chi connectivity index (χ1) is 12.0. The van der Waals surface area contributed by atoms with Crippen LogP contribution in [-0.4, -0.2) is 17.0 Å². The molecular weight excluding hydrogens is 313 g/mol. The minimum absolute atomic E-state index is 0.258. The Kier molecular flexibility index (Phi) is 15.3. The highest BCUT2D eigenvalue weighted by molar-refractivity contribution is 5.58. The first-order valence-electron chi connectivity index (χ1n) is 8.91. The van der Waals surface area contributed by atoms with Gasteiger partial charge in [0.1, 0.15) is 11.6 Å². The number of hydrogen-bond acceptors (Lipinski definition) is 3. The average Bonchev–Trinajstić information content (AvgIpc) is 2.65. The second kappa shape index (κ2) is 15.3. The van der Waals surface area contributed by atoms with Gasteiger partial charge in [0.25, 0.3) is 0 Å². The summed E-state index contributed by atoms with van der Waals surface area (Å²) in [7, 11) is 1.84.